The zero-order valence-electron chi connectivity index (χ0n) is 24.9. The SMILES string of the molecule is CC(C)[C@@H](C(=O)N[C@@H](Cc1ccccc1)C[C@H](O)C(N)Cc1ccccc1)N1CCCNC1=O.O=C1CCC(C(=O)O)N1. The molecule has 11 heteroatoms. The Morgan fingerprint density at radius 2 is 1.63 bits per heavy atom. The number of hydrogen-bond donors (Lipinski definition) is 6. The van der Waals surface area contributed by atoms with E-state index in [4.69, 9.17) is 10.8 Å². The van der Waals surface area contributed by atoms with Crippen molar-refractivity contribution in [1.82, 2.24) is 20.9 Å². The molecule has 2 fully saturated rings. The second kappa shape index (κ2) is 16.6. The fourth-order valence-electron chi connectivity index (χ4n) is 5.38. The number of rotatable bonds is 12. The fraction of sp³-hybridized carbons (Fsp3) is 0.500. The fourth-order valence-corrected chi connectivity index (χ4v) is 5.38. The number of carbonyl (C=O) groups excluding carboxylic acids is 3. The molecule has 0 aromatic heterocycles. The van der Waals surface area contributed by atoms with Crippen molar-refractivity contribution >= 4 is 23.8 Å². The van der Waals surface area contributed by atoms with E-state index in [0.717, 1.165) is 17.5 Å². The first-order valence-electron chi connectivity index (χ1n) is 14.9. The molecule has 0 bridgehead atoms. The van der Waals surface area contributed by atoms with Crippen LogP contribution in [0.4, 0.5) is 4.79 Å². The van der Waals surface area contributed by atoms with Gasteiger partial charge >= 0.3 is 12.0 Å². The number of aliphatic hydroxyl groups is 1. The lowest BCUT2D eigenvalue weighted by molar-refractivity contribution is -0.140. The molecule has 2 aliphatic rings. The Labute approximate surface area is 253 Å². The van der Waals surface area contributed by atoms with Crippen LogP contribution < -0.4 is 21.7 Å². The van der Waals surface area contributed by atoms with Gasteiger partial charge in [0.25, 0.3) is 0 Å². The lowest BCUT2D eigenvalue weighted by atomic mass is 9.93. The number of nitrogens with zero attached hydrogens (tertiary/aromatic N) is 1. The number of carboxylic acid groups (broad SMARTS) is 1. The van der Waals surface area contributed by atoms with Gasteiger partial charge in [-0.05, 0) is 49.1 Å². The lowest BCUT2D eigenvalue weighted by Crippen LogP contribution is -2.59. The summed E-state index contributed by atoms with van der Waals surface area (Å²) in [7, 11) is 0. The molecule has 5 atom stereocenters. The summed E-state index contributed by atoms with van der Waals surface area (Å²) in [4.78, 5) is 48.0. The molecule has 2 aromatic carbocycles. The smallest absolute Gasteiger partial charge is 0.326 e. The van der Waals surface area contributed by atoms with Gasteiger partial charge in [0.1, 0.15) is 12.1 Å². The van der Waals surface area contributed by atoms with Gasteiger partial charge in [-0.1, -0.05) is 74.5 Å². The summed E-state index contributed by atoms with van der Waals surface area (Å²) >= 11 is 0. The molecule has 0 saturated carbocycles. The summed E-state index contributed by atoms with van der Waals surface area (Å²) in [5.41, 5.74) is 8.47. The summed E-state index contributed by atoms with van der Waals surface area (Å²) < 4.78 is 0. The first-order chi connectivity index (χ1) is 20.5. The molecule has 0 radical (unpaired) electrons. The van der Waals surface area contributed by atoms with Gasteiger partial charge in [0.05, 0.1) is 6.10 Å². The predicted octanol–water partition coefficient (Wildman–Crippen LogP) is 1.82. The van der Waals surface area contributed by atoms with Crippen molar-refractivity contribution in [3.05, 3.63) is 71.8 Å². The van der Waals surface area contributed by atoms with Crippen LogP contribution in [0.15, 0.2) is 60.7 Å². The third kappa shape index (κ3) is 10.7. The average molecular weight is 596 g/mol. The third-order valence-electron chi connectivity index (χ3n) is 7.65. The van der Waals surface area contributed by atoms with Crippen molar-refractivity contribution in [2.75, 3.05) is 13.1 Å². The first kappa shape index (κ1) is 33.5. The van der Waals surface area contributed by atoms with Gasteiger partial charge in [-0.2, -0.15) is 0 Å². The highest BCUT2D eigenvalue weighted by Gasteiger charge is 2.35. The number of amides is 4. The van der Waals surface area contributed by atoms with Crippen LogP contribution in [-0.4, -0.2) is 82.3 Å². The van der Waals surface area contributed by atoms with Crippen LogP contribution in [0.1, 0.15) is 50.7 Å². The number of aliphatic hydroxyl groups excluding tert-OH is 1. The number of carbonyl (C=O) groups is 4. The molecule has 2 saturated heterocycles. The van der Waals surface area contributed by atoms with E-state index < -0.39 is 30.2 Å². The normalized spacial score (nSPS) is 19.3. The van der Waals surface area contributed by atoms with E-state index in [0.29, 0.717) is 45.2 Å². The minimum atomic E-state index is -0.944. The van der Waals surface area contributed by atoms with E-state index in [2.05, 4.69) is 16.0 Å². The summed E-state index contributed by atoms with van der Waals surface area (Å²) in [5.74, 6) is -1.36. The second-order valence-corrected chi connectivity index (χ2v) is 11.5. The van der Waals surface area contributed by atoms with Crippen LogP contribution in [0.25, 0.3) is 0 Å². The molecule has 234 valence electrons. The summed E-state index contributed by atoms with van der Waals surface area (Å²) in [6, 6.07) is 17.5. The molecular weight excluding hydrogens is 550 g/mol. The third-order valence-corrected chi connectivity index (χ3v) is 7.65. The van der Waals surface area contributed by atoms with Crippen LogP contribution >= 0.6 is 0 Å². The van der Waals surface area contributed by atoms with Gasteiger partial charge in [0.2, 0.25) is 11.8 Å². The van der Waals surface area contributed by atoms with Gasteiger partial charge in [-0.25, -0.2) is 9.59 Å². The van der Waals surface area contributed by atoms with Crippen LogP contribution in [0.5, 0.6) is 0 Å². The van der Waals surface area contributed by atoms with E-state index in [-0.39, 0.29) is 29.8 Å². The number of aliphatic carboxylic acids is 1. The Bertz CT molecular complexity index is 1200. The van der Waals surface area contributed by atoms with E-state index in [1.807, 2.05) is 74.5 Å². The number of benzene rings is 2. The second-order valence-electron chi connectivity index (χ2n) is 11.5. The van der Waals surface area contributed by atoms with Crippen molar-refractivity contribution in [3.63, 3.8) is 0 Å². The molecule has 2 aromatic rings. The summed E-state index contributed by atoms with van der Waals surface area (Å²) in [5, 5.41) is 27.5. The molecule has 11 nitrogen and oxygen atoms in total. The highest BCUT2D eigenvalue weighted by molar-refractivity contribution is 5.88. The molecule has 2 heterocycles. The van der Waals surface area contributed by atoms with E-state index in [1.54, 1.807) is 4.90 Å². The minimum Gasteiger partial charge on any atom is -0.480 e. The maximum atomic E-state index is 13.4. The number of urea groups is 1. The monoisotopic (exact) mass is 595 g/mol. The zero-order valence-corrected chi connectivity index (χ0v) is 24.9. The van der Waals surface area contributed by atoms with Gasteiger partial charge in [0.15, 0.2) is 0 Å². The largest absolute Gasteiger partial charge is 0.480 e. The van der Waals surface area contributed by atoms with Crippen molar-refractivity contribution in [1.29, 1.82) is 0 Å². The number of hydrogen-bond acceptors (Lipinski definition) is 6. The van der Waals surface area contributed by atoms with E-state index in [1.165, 1.54) is 0 Å². The summed E-state index contributed by atoms with van der Waals surface area (Å²) in [6.07, 6.45) is 2.24. The lowest BCUT2D eigenvalue weighted by Gasteiger charge is -2.37. The topological polar surface area (TPSA) is 174 Å². The maximum absolute atomic E-state index is 13.4. The van der Waals surface area contributed by atoms with Gasteiger partial charge in [-0.15, -0.1) is 0 Å². The number of nitrogens with one attached hydrogen (secondary N) is 3. The van der Waals surface area contributed by atoms with Crippen molar-refractivity contribution < 1.29 is 29.4 Å². The predicted molar refractivity (Wildman–Crippen MR) is 163 cm³/mol. The number of nitrogens with two attached hydrogens (primary N) is 1. The number of carboxylic acids is 1. The highest BCUT2D eigenvalue weighted by Crippen LogP contribution is 2.17. The molecule has 2 aliphatic heterocycles. The van der Waals surface area contributed by atoms with Crippen LogP contribution in [0.2, 0.25) is 0 Å². The summed E-state index contributed by atoms with van der Waals surface area (Å²) in [6.45, 7) is 5.08. The molecule has 0 spiro atoms. The minimum absolute atomic E-state index is 0.0495. The molecular formula is C32H45N5O6. The standard InChI is InChI=1S/C27H38N4O3.C5H7NO3/c1-19(2)25(31-15-9-14-29-27(31)34)26(33)30-22(16-20-10-5-3-6-11-20)18-24(32)23(28)17-21-12-7-4-8-13-21;7-4-2-1-3(6-4)5(8)9/h3-8,10-13,19,22-25,32H,9,14-18,28H2,1-2H3,(H,29,34)(H,30,33);3H,1-2H2,(H,6,7)(H,8,9)/t22-,23?,24-,25-;/m0./s1. The quantitative estimate of drug-likeness (QED) is 0.217. The van der Waals surface area contributed by atoms with Crippen molar-refractivity contribution in [2.24, 2.45) is 11.7 Å². The molecule has 43 heavy (non-hydrogen) atoms. The van der Waals surface area contributed by atoms with Crippen LogP contribution in [0.3, 0.4) is 0 Å². The zero-order chi connectivity index (χ0) is 31.4. The highest BCUT2D eigenvalue weighted by atomic mass is 16.4. The molecule has 2 unspecified atom stereocenters. The Hall–Kier alpha value is -3.96. The van der Waals surface area contributed by atoms with Crippen LogP contribution in [0, 0.1) is 5.92 Å². The first-order valence-corrected chi connectivity index (χ1v) is 14.9. The maximum Gasteiger partial charge on any atom is 0.326 e. The molecule has 4 rings (SSSR count). The van der Waals surface area contributed by atoms with E-state index in [9.17, 15) is 24.3 Å². The molecule has 0 aliphatic carbocycles. The van der Waals surface area contributed by atoms with Crippen LogP contribution in [-0.2, 0) is 27.2 Å². The Balaban J connectivity index is 0.000000480. The Morgan fingerprint density at radius 1 is 1.02 bits per heavy atom. The van der Waals surface area contributed by atoms with Gasteiger partial charge in [-0.3, -0.25) is 9.59 Å². The van der Waals surface area contributed by atoms with Gasteiger partial charge in [0, 0.05) is 31.6 Å². The average Bonchev–Trinajstić information content (AvgIpc) is 3.42. The Morgan fingerprint density at radius 3 is 2.12 bits per heavy atom. The molecule has 4 amide bonds. The Kier molecular flexibility index (Phi) is 13.0. The molecule has 7 N–H and O–H groups in total. The van der Waals surface area contributed by atoms with E-state index >= 15 is 0 Å². The van der Waals surface area contributed by atoms with Crippen molar-refractivity contribution in [2.45, 2.75) is 82.6 Å². The van der Waals surface area contributed by atoms with Gasteiger partial charge < -0.3 is 36.8 Å². The van der Waals surface area contributed by atoms with Crippen molar-refractivity contribution in [3.8, 4) is 0 Å².